The van der Waals surface area contributed by atoms with Crippen LogP contribution in [0.2, 0.25) is 5.02 Å². The van der Waals surface area contributed by atoms with Crippen LogP contribution in [0.5, 0.6) is 0 Å². The number of benzene rings is 2. The van der Waals surface area contributed by atoms with Crippen LogP contribution in [-0.4, -0.2) is 10.1 Å². The summed E-state index contributed by atoms with van der Waals surface area (Å²) in [6.45, 7) is 0. The van der Waals surface area contributed by atoms with Crippen molar-refractivity contribution in [3.05, 3.63) is 51.7 Å². The molecule has 0 aliphatic carbocycles. The van der Waals surface area contributed by atoms with E-state index < -0.39 is 0 Å². The maximum Gasteiger partial charge on any atom is 0.258 e. The van der Waals surface area contributed by atoms with E-state index in [1.54, 1.807) is 24.3 Å². The van der Waals surface area contributed by atoms with Crippen LogP contribution >= 0.6 is 27.5 Å². The quantitative estimate of drug-likeness (QED) is 0.674. The zero-order valence-corrected chi connectivity index (χ0v) is 12.8. The van der Waals surface area contributed by atoms with Gasteiger partial charge in [-0.05, 0) is 36.4 Å². The highest BCUT2D eigenvalue weighted by atomic mass is 79.9. The van der Waals surface area contributed by atoms with Crippen LogP contribution in [0.15, 0.2) is 45.4 Å². The normalized spacial score (nSPS) is 10.8. The van der Waals surface area contributed by atoms with Crippen molar-refractivity contribution in [1.82, 2.24) is 10.1 Å². The van der Waals surface area contributed by atoms with Gasteiger partial charge in [0, 0.05) is 15.6 Å². The molecule has 0 unspecified atom stereocenters. The summed E-state index contributed by atoms with van der Waals surface area (Å²) in [4.78, 5) is 4.25. The number of rotatable bonds is 2. The molecule has 1 aromatic heterocycles. The summed E-state index contributed by atoms with van der Waals surface area (Å²) < 4.78 is 19.2. The lowest BCUT2D eigenvalue weighted by Gasteiger charge is -1.99. The lowest BCUT2D eigenvalue weighted by molar-refractivity contribution is 0.432. The van der Waals surface area contributed by atoms with Crippen LogP contribution in [0, 0.1) is 5.82 Å². The van der Waals surface area contributed by atoms with Gasteiger partial charge in [-0.25, -0.2) is 4.39 Å². The largest absolute Gasteiger partial charge is 0.398 e. The van der Waals surface area contributed by atoms with Gasteiger partial charge >= 0.3 is 0 Å². The lowest BCUT2D eigenvalue weighted by atomic mass is 10.2. The molecular formula is C14H8BrClFN3O. The third-order valence-electron chi connectivity index (χ3n) is 2.84. The molecule has 7 heteroatoms. The Balaban J connectivity index is 2.03. The number of halogens is 3. The van der Waals surface area contributed by atoms with E-state index in [9.17, 15) is 4.39 Å². The van der Waals surface area contributed by atoms with Crippen molar-refractivity contribution in [2.24, 2.45) is 0 Å². The number of aromatic nitrogens is 2. The Hall–Kier alpha value is -1.92. The average molecular weight is 369 g/mol. The van der Waals surface area contributed by atoms with Crippen molar-refractivity contribution in [1.29, 1.82) is 0 Å². The second kappa shape index (κ2) is 5.46. The summed E-state index contributed by atoms with van der Waals surface area (Å²) in [7, 11) is 0. The lowest BCUT2D eigenvalue weighted by Crippen LogP contribution is -1.87. The fourth-order valence-electron chi connectivity index (χ4n) is 1.78. The van der Waals surface area contributed by atoms with E-state index in [4.69, 9.17) is 21.9 Å². The molecule has 0 saturated heterocycles. The standard InChI is InChI=1S/C14H8BrClFN3O/c15-10-3-2-8(17)6-9(10)13-19-14(21-20-13)7-1-4-12(18)11(16)5-7/h1-6H,18H2. The number of nitrogens with zero attached hydrogens (tertiary/aromatic N) is 2. The number of hydrogen-bond donors (Lipinski definition) is 1. The number of nitrogen functional groups attached to an aromatic ring is 1. The fourth-order valence-corrected chi connectivity index (χ4v) is 2.38. The van der Waals surface area contributed by atoms with Crippen LogP contribution in [0.4, 0.5) is 10.1 Å². The maximum atomic E-state index is 13.3. The molecule has 0 amide bonds. The molecule has 0 spiro atoms. The van der Waals surface area contributed by atoms with E-state index >= 15 is 0 Å². The van der Waals surface area contributed by atoms with E-state index in [0.29, 0.717) is 26.3 Å². The van der Waals surface area contributed by atoms with E-state index in [1.165, 1.54) is 12.1 Å². The Labute approximate surface area is 132 Å². The van der Waals surface area contributed by atoms with E-state index in [1.807, 2.05) is 0 Å². The summed E-state index contributed by atoms with van der Waals surface area (Å²) >= 11 is 9.29. The van der Waals surface area contributed by atoms with Crippen molar-refractivity contribution in [2.45, 2.75) is 0 Å². The summed E-state index contributed by atoms with van der Waals surface area (Å²) in [5, 5.41) is 4.26. The minimum absolute atomic E-state index is 0.281. The van der Waals surface area contributed by atoms with Gasteiger partial charge in [-0.3, -0.25) is 0 Å². The first-order valence-electron chi connectivity index (χ1n) is 5.89. The van der Waals surface area contributed by atoms with Crippen LogP contribution in [-0.2, 0) is 0 Å². The molecule has 3 rings (SSSR count). The minimum Gasteiger partial charge on any atom is -0.398 e. The molecule has 0 radical (unpaired) electrons. The minimum atomic E-state index is -0.380. The number of nitrogens with two attached hydrogens (primary N) is 1. The average Bonchev–Trinajstić information content (AvgIpc) is 2.94. The zero-order valence-electron chi connectivity index (χ0n) is 10.5. The monoisotopic (exact) mass is 367 g/mol. The van der Waals surface area contributed by atoms with Crippen LogP contribution in [0.3, 0.4) is 0 Å². The molecule has 3 aromatic rings. The van der Waals surface area contributed by atoms with Gasteiger partial charge in [0.2, 0.25) is 5.82 Å². The summed E-state index contributed by atoms with van der Waals surface area (Å²) in [6, 6.07) is 9.26. The molecule has 2 N–H and O–H groups in total. The van der Waals surface area contributed by atoms with Crippen molar-refractivity contribution in [3.63, 3.8) is 0 Å². The molecular weight excluding hydrogens is 361 g/mol. The molecule has 4 nitrogen and oxygen atoms in total. The molecule has 0 bridgehead atoms. The van der Waals surface area contributed by atoms with Crippen molar-refractivity contribution >= 4 is 33.2 Å². The van der Waals surface area contributed by atoms with Gasteiger partial charge in [-0.2, -0.15) is 4.98 Å². The molecule has 2 aromatic carbocycles. The van der Waals surface area contributed by atoms with Gasteiger partial charge in [0.05, 0.1) is 10.7 Å². The van der Waals surface area contributed by atoms with Crippen LogP contribution in [0.1, 0.15) is 0 Å². The molecule has 0 atom stereocenters. The third kappa shape index (κ3) is 2.77. The summed E-state index contributed by atoms with van der Waals surface area (Å²) in [5.74, 6) is 0.183. The van der Waals surface area contributed by atoms with E-state index in [0.717, 1.165) is 0 Å². The Morgan fingerprint density at radius 3 is 2.76 bits per heavy atom. The van der Waals surface area contributed by atoms with Crippen molar-refractivity contribution in [2.75, 3.05) is 5.73 Å². The number of anilines is 1. The molecule has 0 saturated carbocycles. The van der Waals surface area contributed by atoms with Gasteiger partial charge in [0.25, 0.3) is 5.89 Å². The van der Waals surface area contributed by atoms with E-state index in [-0.39, 0.29) is 17.5 Å². The van der Waals surface area contributed by atoms with Crippen LogP contribution in [0.25, 0.3) is 22.8 Å². The smallest absolute Gasteiger partial charge is 0.258 e. The van der Waals surface area contributed by atoms with E-state index in [2.05, 4.69) is 26.1 Å². The molecule has 0 fully saturated rings. The van der Waals surface area contributed by atoms with Gasteiger partial charge < -0.3 is 10.3 Å². The molecule has 1 heterocycles. The first-order valence-corrected chi connectivity index (χ1v) is 7.06. The van der Waals surface area contributed by atoms with Gasteiger partial charge in [-0.1, -0.05) is 32.7 Å². The number of hydrogen-bond acceptors (Lipinski definition) is 4. The predicted molar refractivity (Wildman–Crippen MR) is 82.3 cm³/mol. The van der Waals surface area contributed by atoms with Gasteiger partial charge in [-0.15, -0.1) is 0 Å². The van der Waals surface area contributed by atoms with Gasteiger partial charge in [0.1, 0.15) is 5.82 Å². The maximum absolute atomic E-state index is 13.3. The topological polar surface area (TPSA) is 64.9 Å². The fraction of sp³-hybridized carbons (Fsp3) is 0. The SMILES string of the molecule is Nc1ccc(-c2nc(-c3cc(F)ccc3Br)no2)cc1Cl. The highest BCUT2D eigenvalue weighted by molar-refractivity contribution is 9.10. The van der Waals surface area contributed by atoms with Gasteiger partial charge in [0.15, 0.2) is 0 Å². The first kappa shape index (κ1) is 14.0. The van der Waals surface area contributed by atoms with Crippen LogP contribution < -0.4 is 5.73 Å². The van der Waals surface area contributed by atoms with Crippen molar-refractivity contribution < 1.29 is 8.91 Å². The third-order valence-corrected chi connectivity index (χ3v) is 3.86. The summed E-state index contributed by atoms with van der Waals surface area (Å²) in [5.41, 5.74) is 7.26. The highest BCUT2D eigenvalue weighted by Gasteiger charge is 2.14. The molecule has 0 aliphatic heterocycles. The zero-order chi connectivity index (χ0) is 15.0. The van der Waals surface area contributed by atoms with Crippen molar-refractivity contribution in [3.8, 4) is 22.8 Å². The molecule has 0 aliphatic rings. The Morgan fingerprint density at radius 2 is 2.00 bits per heavy atom. The first-order chi connectivity index (χ1) is 10.0. The highest BCUT2D eigenvalue weighted by Crippen LogP contribution is 2.30. The Morgan fingerprint density at radius 1 is 1.19 bits per heavy atom. The predicted octanol–water partition coefficient (Wildman–Crippen LogP) is 4.54. The molecule has 21 heavy (non-hydrogen) atoms. The summed E-state index contributed by atoms with van der Waals surface area (Å²) in [6.07, 6.45) is 0. The Kier molecular flexibility index (Phi) is 3.65. The Bertz CT molecular complexity index is 822. The molecule has 106 valence electrons. The second-order valence-corrected chi connectivity index (χ2v) is 5.55. The second-order valence-electron chi connectivity index (χ2n) is 4.28.